The summed E-state index contributed by atoms with van der Waals surface area (Å²) in [6, 6.07) is 5.51. The van der Waals surface area contributed by atoms with Gasteiger partial charge in [-0.2, -0.15) is 0 Å². The lowest BCUT2D eigenvalue weighted by atomic mass is 10.1. The molecule has 0 radical (unpaired) electrons. The van der Waals surface area contributed by atoms with Gasteiger partial charge in [-0.05, 0) is 19.1 Å². The number of benzene rings is 1. The lowest BCUT2D eigenvalue weighted by molar-refractivity contribution is -0.121. The number of rotatable bonds is 5. The molecule has 94 valence electrons. The number of halogens is 1. The van der Waals surface area contributed by atoms with Gasteiger partial charge in [-0.25, -0.2) is 0 Å². The molecule has 0 spiro atoms. The van der Waals surface area contributed by atoms with Crippen molar-refractivity contribution in [3.05, 3.63) is 28.2 Å². The fraction of sp³-hybridized carbons (Fsp3) is 0.417. The highest BCUT2D eigenvalue weighted by Crippen LogP contribution is 2.26. The van der Waals surface area contributed by atoms with Gasteiger partial charge in [0.2, 0.25) is 5.91 Å². The van der Waals surface area contributed by atoms with Crippen molar-refractivity contribution < 1.29 is 9.53 Å². The molecule has 0 aliphatic rings. The summed E-state index contributed by atoms with van der Waals surface area (Å²) in [5.41, 5.74) is 1.91. The molecule has 2 N–H and O–H groups in total. The van der Waals surface area contributed by atoms with Gasteiger partial charge in [-0.1, -0.05) is 22.0 Å². The Kier molecular flexibility index (Phi) is 5.44. The number of hydrogen-bond acceptors (Lipinski definition) is 3. The molecule has 1 rings (SSSR count). The Labute approximate surface area is 110 Å². The summed E-state index contributed by atoms with van der Waals surface area (Å²) < 4.78 is 6.11. The SMILES string of the molecule is CNC(=O)C(C)Nc1cccc(Br)c1COC. The standard InChI is InChI=1S/C12H17BrN2O2/c1-8(12(16)14-2)15-11-6-4-5-10(13)9(11)7-17-3/h4-6,8,15H,7H2,1-3H3,(H,14,16). The summed E-state index contributed by atoms with van der Waals surface area (Å²) in [6.07, 6.45) is 0. The first-order valence-corrected chi connectivity index (χ1v) is 6.14. The summed E-state index contributed by atoms with van der Waals surface area (Å²) in [7, 11) is 3.27. The molecule has 0 saturated heterocycles. The number of carbonyl (C=O) groups excluding carboxylic acids is 1. The highest BCUT2D eigenvalue weighted by Gasteiger charge is 2.13. The molecular formula is C12H17BrN2O2. The molecule has 0 aliphatic heterocycles. The fourth-order valence-corrected chi connectivity index (χ4v) is 1.98. The molecular weight excluding hydrogens is 284 g/mol. The molecule has 1 unspecified atom stereocenters. The second kappa shape index (κ2) is 6.61. The number of likely N-dealkylation sites (N-methyl/N-ethyl adjacent to an activating group) is 1. The van der Waals surface area contributed by atoms with Gasteiger partial charge in [0.25, 0.3) is 0 Å². The van der Waals surface area contributed by atoms with Crippen LogP contribution in [0.5, 0.6) is 0 Å². The van der Waals surface area contributed by atoms with E-state index in [1.807, 2.05) is 25.1 Å². The lowest BCUT2D eigenvalue weighted by Crippen LogP contribution is -2.35. The minimum atomic E-state index is -0.287. The van der Waals surface area contributed by atoms with Crippen molar-refractivity contribution in [1.82, 2.24) is 5.32 Å². The van der Waals surface area contributed by atoms with Gasteiger partial charge in [0, 0.05) is 29.9 Å². The number of ether oxygens (including phenoxy) is 1. The third kappa shape index (κ3) is 3.71. The fourth-order valence-electron chi connectivity index (χ4n) is 1.50. The Morgan fingerprint density at radius 1 is 1.53 bits per heavy atom. The zero-order valence-corrected chi connectivity index (χ0v) is 11.8. The van der Waals surface area contributed by atoms with Crippen molar-refractivity contribution in [3.8, 4) is 0 Å². The van der Waals surface area contributed by atoms with Gasteiger partial charge in [0.1, 0.15) is 6.04 Å². The van der Waals surface area contributed by atoms with E-state index in [2.05, 4.69) is 26.6 Å². The largest absolute Gasteiger partial charge is 0.380 e. The third-order valence-electron chi connectivity index (χ3n) is 2.42. The van der Waals surface area contributed by atoms with E-state index in [4.69, 9.17) is 4.74 Å². The lowest BCUT2D eigenvalue weighted by Gasteiger charge is -2.17. The van der Waals surface area contributed by atoms with Crippen molar-refractivity contribution in [2.45, 2.75) is 19.6 Å². The van der Waals surface area contributed by atoms with Crippen LogP contribution in [0, 0.1) is 0 Å². The predicted octanol–water partition coefficient (Wildman–Crippen LogP) is 2.14. The van der Waals surface area contributed by atoms with Gasteiger partial charge >= 0.3 is 0 Å². The highest BCUT2D eigenvalue weighted by molar-refractivity contribution is 9.10. The predicted molar refractivity (Wildman–Crippen MR) is 72.0 cm³/mol. The number of methoxy groups -OCH3 is 1. The molecule has 0 heterocycles. The smallest absolute Gasteiger partial charge is 0.241 e. The maximum absolute atomic E-state index is 11.5. The molecule has 5 heteroatoms. The van der Waals surface area contributed by atoms with Crippen LogP contribution in [0.3, 0.4) is 0 Å². The van der Waals surface area contributed by atoms with E-state index >= 15 is 0 Å². The van der Waals surface area contributed by atoms with Gasteiger partial charge in [0.05, 0.1) is 6.61 Å². The van der Waals surface area contributed by atoms with E-state index in [-0.39, 0.29) is 11.9 Å². The average Bonchev–Trinajstić information content (AvgIpc) is 2.32. The zero-order chi connectivity index (χ0) is 12.8. The Balaban J connectivity index is 2.90. The first kappa shape index (κ1) is 14.0. The van der Waals surface area contributed by atoms with Gasteiger partial charge in [-0.15, -0.1) is 0 Å². The second-order valence-electron chi connectivity index (χ2n) is 3.68. The third-order valence-corrected chi connectivity index (χ3v) is 3.16. The zero-order valence-electron chi connectivity index (χ0n) is 10.2. The second-order valence-corrected chi connectivity index (χ2v) is 4.53. The van der Waals surface area contributed by atoms with Crippen molar-refractivity contribution in [2.24, 2.45) is 0 Å². The monoisotopic (exact) mass is 300 g/mol. The normalized spacial score (nSPS) is 12.0. The number of carbonyl (C=O) groups is 1. The molecule has 1 aromatic rings. The first-order chi connectivity index (χ1) is 8.10. The van der Waals surface area contributed by atoms with Crippen LogP contribution >= 0.6 is 15.9 Å². The number of amides is 1. The van der Waals surface area contributed by atoms with Crippen molar-refractivity contribution >= 4 is 27.5 Å². The molecule has 0 saturated carbocycles. The number of hydrogen-bond donors (Lipinski definition) is 2. The van der Waals surface area contributed by atoms with Crippen LogP contribution in [0.1, 0.15) is 12.5 Å². The van der Waals surface area contributed by atoms with Crippen molar-refractivity contribution in [1.29, 1.82) is 0 Å². The van der Waals surface area contributed by atoms with Crippen LogP contribution in [0.25, 0.3) is 0 Å². The molecule has 0 aliphatic carbocycles. The van der Waals surface area contributed by atoms with E-state index in [0.717, 1.165) is 15.7 Å². The number of nitrogens with one attached hydrogen (secondary N) is 2. The molecule has 1 atom stereocenters. The topological polar surface area (TPSA) is 50.4 Å². The van der Waals surface area contributed by atoms with E-state index in [1.165, 1.54) is 0 Å². The Morgan fingerprint density at radius 2 is 2.24 bits per heavy atom. The van der Waals surface area contributed by atoms with Gasteiger partial charge in [0.15, 0.2) is 0 Å². The Hall–Kier alpha value is -1.07. The summed E-state index contributed by atoms with van der Waals surface area (Å²) in [4.78, 5) is 11.5. The van der Waals surface area contributed by atoms with Crippen LogP contribution in [0.4, 0.5) is 5.69 Å². The van der Waals surface area contributed by atoms with Crippen molar-refractivity contribution in [3.63, 3.8) is 0 Å². The van der Waals surface area contributed by atoms with E-state index in [9.17, 15) is 4.79 Å². The Bertz CT molecular complexity index is 396. The minimum absolute atomic E-state index is 0.0478. The molecule has 0 fully saturated rings. The van der Waals surface area contributed by atoms with E-state index in [1.54, 1.807) is 14.2 Å². The maximum atomic E-state index is 11.5. The van der Waals surface area contributed by atoms with Crippen molar-refractivity contribution in [2.75, 3.05) is 19.5 Å². The van der Waals surface area contributed by atoms with E-state index < -0.39 is 0 Å². The molecule has 4 nitrogen and oxygen atoms in total. The van der Waals surface area contributed by atoms with Crippen LogP contribution in [-0.4, -0.2) is 26.1 Å². The average molecular weight is 301 g/mol. The molecule has 0 bridgehead atoms. The summed E-state index contributed by atoms with van der Waals surface area (Å²) in [5.74, 6) is -0.0478. The van der Waals surface area contributed by atoms with Crippen LogP contribution in [-0.2, 0) is 16.1 Å². The number of anilines is 1. The molecule has 1 aromatic carbocycles. The Morgan fingerprint density at radius 3 is 2.82 bits per heavy atom. The quantitative estimate of drug-likeness (QED) is 0.876. The molecule has 0 aromatic heterocycles. The summed E-state index contributed by atoms with van der Waals surface area (Å²) in [5, 5.41) is 5.77. The van der Waals surface area contributed by atoms with Crippen LogP contribution in [0.2, 0.25) is 0 Å². The summed E-state index contributed by atoms with van der Waals surface area (Å²) in [6.45, 7) is 2.31. The van der Waals surface area contributed by atoms with Gasteiger partial charge < -0.3 is 15.4 Å². The molecule has 17 heavy (non-hydrogen) atoms. The van der Waals surface area contributed by atoms with Crippen LogP contribution < -0.4 is 10.6 Å². The minimum Gasteiger partial charge on any atom is -0.380 e. The maximum Gasteiger partial charge on any atom is 0.241 e. The van der Waals surface area contributed by atoms with Crippen LogP contribution in [0.15, 0.2) is 22.7 Å². The first-order valence-electron chi connectivity index (χ1n) is 5.34. The molecule has 1 amide bonds. The van der Waals surface area contributed by atoms with Gasteiger partial charge in [-0.3, -0.25) is 4.79 Å². The summed E-state index contributed by atoms with van der Waals surface area (Å²) >= 11 is 3.47. The highest BCUT2D eigenvalue weighted by atomic mass is 79.9. The van der Waals surface area contributed by atoms with E-state index in [0.29, 0.717) is 6.61 Å².